The molecule has 1 aliphatic rings. The molecule has 3 heterocycles. The second-order valence-electron chi connectivity index (χ2n) is 7.42. The van der Waals surface area contributed by atoms with Gasteiger partial charge >= 0.3 is 6.18 Å². The largest absolute Gasteiger partial charge is 0.496 e. The van der Waals surface area contributed by atoms with Crippen molar-refractivity contribution < 1.29 is 27.5 Å². The first-order valence-electron chi connectivity index (χ1n) is 9.77. The molecule has 0 saturated carbocycles. The summed E-state index contributed by atoms with van der Waals surface area (Å²) in [5.41, 5.74) is 5.31. The zero-order valence-electron chi connectivity index (χ0n) is 17.6. The Balaban J connectivity index is 1.66. The van der Waals surface area contributed by atoms with Gasteiger partial charge in [-0.15, -0.1) is 0 Å². The molecule has 4 rings (SSSR count). The number of nitrogens with two attached hydrogens (primary N) is 1. The summed E-state index contributed by atoms with van der Waals surface area (Å²) in [7, 11) is 1.13. The Labute approximate surface area is 186 Å². The van der Waals surface area contributed by atoms with Crippen LogP contribution in [0.2, 0.25) is 0 Å². The number of aromatic nitrogens is 3. The van der Waals surface area contributed by atoms with E-state index in [9.17, 15) is 22.8 Å². The van der Waals surface area contributed by atoms with Crippen molar-refractivity contribution in [1.82, 2.24) is 14.8 Å². The smallest absolute Gasteiger partial charge is 0.419 e. The first kappa shape index (κ1) is 22.1. The highest BCUT2D eigenvalue weighted by molar-refractivity contribution is 6.13. The van der Waals surface area contributed by atoms with Crippen LogP contribution in [0.25, 0.3) is 0 Å². The molecule has 2 aromatic heterocycles. The number of nitrogens with zero attached hydrogens (tertiary/aromatic N) is 4. The minimum Gasteiger partial charge on any atom is -0.496 e. The molecule has 3 aromatic rings. The lowest BCUT2D eigenvalue weighted by molar-refractivity contribution is -0.138. The molecule has 0 bridgehead atoms. The van der Waals surface area contributed by atoms with E-state index in [4.69, 9.17) is 10.5 Å². The molecule has 12 heteroatoms. The first-order chi connectivity index (χ1) is 15.6. The van der Waals surface area contributed by atoms with Crippen LogP contribution in [0.4, 0.5) is 30.4 Å². The maximum absolute atomic E-state index is 13.3. The number of methoxy groups -OCH3 is 1. The van der Waals surface area contributed by atoms with Crippen LogP contribution in [0.15, 0.2) is 42.7 Å². The van der Waals surface area contributed by atoms with Crippen LogP contribution in [-0.4, -0.2) is 40.2 Å². The van der Waals surface area contributed by atoms with Crippen molar-refractivity contribution >= 4 is 29.0 Å². The average molecular weight is 460 g/mol. The Bertz CT molecular complexity index is 1220. The molecule has 1 aliphatic heterocycles. The van der Waals surface area contributed by atoms with Crippen LogP contribution in [0.1, 0.15) is 39.4 Å². The maximum Gasteiger partial charge on any atom is 0.419 e. The number of nitrogens with one attached hydrogen (secondary N) is 1. The zero-order valence-corrected chi connectivity index (χ0v) is 17.6. The lowest BCUT2D eigenvalue weighted by Gasteiger charge is -2.32. The zero-order chi connectivity index (χ0) is 23.9. The number of carbonyl (C=O) groups excluding carboxylic acids is 2. The number of anilines is 3. The third-order valence-electron chi connectivity index (χ3n) is 5.21. The van der Waals surface area contributed by atoms with E-state index in [-0.39, 0.29) is 41.0 Å². The van der Waals surface area contributed by atoms with Crippen molar-refractivity contribution in [3.63, 3.8) is 0 Å². The number of amides is 2. The van der Waals surface area contributed by atoms with E-state index < -0.39 is 29.3 Å². The minimum absolute atomic E-state index is 0.101. The van der Waals surface area contributed by atoms with Gasteiger partial charge < -0.3 is 20.7 Å². The molecule has 3 N–H and O–H groups in total. The molecule has 0 radical (unpaired) electrons. The fourth-order valence-corrected chi connectivity index (χ4v) is 3.59. The third-order valence-corrected chi connectivity index (χ3v) is 5.21. The van der Waals surface area contributed by atoms with E-state index in [2.05, 4.69) is 15.4 Å². The average Bonchev–Trinajstić information content (AvgIpc) is 3.20. The normalized spacial score (nSPS) is 15.8. The number of hydrogen-bond donors (Lipinski definition) is 2. The Morgan fingerprint density at radius 1 is 1.24 bits per heavy atom. The number of pyridine rings is 1. The van der Waals surface area contributed by atoms with Crippen LogP contribution < -0.4 is 20.7 Å². The van der Waals surface area contributed by atoms with E-state index >= 15 is 0 Å². The molecule has 0 aliphatic carbocycles. The van der Waals surface area contributed by atoms with Gasteiger partial charge in [-0.25, -0.2) is 4.98 Å². The predicted octanol–water partition coefficient (Wildman–Crippen LogP) is 3.36. The van der Waals surface area contributed by atoms with E-state index in [1.54, 1.807) is 6.92 Å². The predicted molar refractivity (Wildman–Crippen MR) is 113 cm³/mol. The van der Waals surface area contributed by atoms with Crippen molar-refractivity contribution in [2.24, 2.45) is 0 Å². The van der Waals surface area contributed by atoms with Gasteiger partial charge in [-0.2, -0.15) is 18.3 Å². The monoisotopic (exact) mass is 460 g/mol. The van der Waals surface area contributed by atoms with Gasteiger partial charge in [0, 0.05) is 24.5 Å². The quantitative estimate of drug-likeness (QED) is 0.617. The molecule has 0 fully saturated rings. The Morgan fingerprint density at radius 3 is 2.64 bits per heavy atom. The van der Waals surface area contributed by atoms with Gasteiger partial charge in [0.25, 0.3) is 11.8 Å². The summed E-state index contributed by atoms with van der Waals surface area (Å²) in [5, 5.41) is 6.84. The molecule has 0 unspecified atom stereocenters. The molecule has 2 amide bonds. The van der Waals surface area contributed by atoms with E-state index in [0.29, 0.717) is 0 Å². The second kappa shape index (κ2) is 8.11. The van der Waals surface area contributed by atoms with Gasteiger partial charge in [0.2, 0.25) is 0 Å². The summed E-state index contributed by atoms with van der Waals surface area (Å²) in [6.07, 6.45) is -1.95. The summed E-state index contributed by atoms with van der Waals surface area (Å²) in [4.78, 5) is 31.1. The van der Waals surface area contributed by atoms with E-state index in [0.717, 1.165) is 19.2 Å². The fourth-order valence-electron chi connectivity index (χ4n) is 3.59. The van der Waals surface area contributed by atoms with Crippen molar-refractivity contribution in [2.75, 3.05) is 29.6 Å². The van der Waals surface area contributed by atoms with Crippen LogP contribution in [0.5, 0.6) is 5.75 Å². The van der Waals surface area contributed by atoms with Crippen LogP contribution in [0.3, 0.4) is 0 Å². The molecule has 172 valence electrons. The SMILES string of the molecule is COc1cc(N2C[C@H](C)n3ncc(NC(=O)c4ccc(N)nc4)c3C2=O)ccc1C(F)(F)F. The number of hydrogen-bond acceptors (Lipinski definition) is 6. The van der Waals surface area contributed by atoms with Crippen molar-refractivity contribution in [3.05, 3.63) is 59.5 Å². The van der Waals surface area contributed by atoms with Gasteiger partial charge in [0.15, 0.2) is 5.69 Å². The number of alkyl halides is 3. The lowest BCUT2D eigenvalue weighted by Crippen LogP contribution is -2.43. The molecule has 1 aromatic carbocycles. The highest BCUT2D eigenvalue weighted by atomic mass is 19.4. The number of ether oxygens (including phenoxy) is 1. The van der Waals surface area contributed by atoms with E-state index in [1.807, 2.05) is 0 Å². The van der Waals surface area contributed by atoms with Crippen LogP contribution in [-0.2, 0) is 6.18 Å². The number of nitrogen functional groups attached to an aromatic ring is 1. The van der Waals surface area contributed by atoms with Crippen molar-refractivity contribution in [3.8, 4) is 5.75 Å². The molecule has 9 nitrogen and oxygen atoms in total. The number of halogens is 3. The standard InChI is InChI=1S/C21H19F3N6O3/c1-11-10-29(13-4-5-14(21(22,23)24)16(7-13)33-2)20(32)18-15(9-27-30(11)18)28-19(31)12-3-6-17(25)26-8-12/h3-9,11H,10H2,1-2H3,(H2,25,26)(H,28,31)/t11-/m0/s1. The number of fused-ring (bicyclic) bond motifs is 1. The van der Waals surface area contributed by atoms with Gasteiger partial charge in [0.05, 0.1) is 36.2 Å². The molecule has 0 spiro atoms. The summed E-state index contributed by atoms with van der Waals surface area (Å²) < 4.78 is 46.0. The Kier molecular flexibility index (Phi) is 5.44. The maximum atomic E-state index is 13.3. The summed E-state index contributed by atoms with van der Waals surface area (Å²) >= 11 is 0. The molecule has 1 atom stereocenters. The summed E-state index contributed by atoms with van der Waals surface area (Å²) in [6, 6.07) is 5.89. The third kappa shape index (κ3) is 4.06. The number of rotatable bonds is 4. The van der Waals surface area contributed by atoms with Gasteiger partial charge in [0.1, 0.15) is 11.6 Å². The molecular formula is C21H19F3N6O3. The van der Waals surface area contributed by atoms with Crippen molar-refractivity contribution in [2.45, 2.75) is 19.1 Å². The molecule has 0 saturated heterocycles. The second-order valence-corrected chi connectivity index (χ2v) is 7.42. The molecular weight excluding hydrogens is 441 g/mol. The first-order valence-corrected chi connectivity index (χ1v) is 9.77. The fraction of sp³-hybridized carbons (Fsp3) is 0.238. The van der Waals surface area contributed by atoms with Crippen LogP contribution in [0, 0.1) is 0 Å². The minimum atomic E-state index is -4.60. The number of carbonyl (C=O) groups is 2. The summed E-state index contributed by atoms with van der Waals surface area (Å²) in [5.74, 6) is -1.20. The van der Waals surface area contributed by atoms with Gasteiger partial charge in [-0.05, 0) is 31.2 Å². The van der Waals surface area contributed by atoms with Crippen LogP contribution >= 0.6 is 0 Å². The Morgan fingerprint density at radius 2 is 2.00 bits per heavy atom. The van der Waals surface area contributed by atoms with E-state index in [1.165, 1.54) is 40.2 Å². The number of benzene rings is 1. The van der Waals surface area contributed by atoms with Crippen molar-refractivity contribution in [1.29, 1.82) is 0 Å². The highest BCUT2D eigenvalue weighted by Gasteiger charge is 2.37. The summed E-state index contributed by atoms with van der Waals surface area (Å²) in [6.45, 7) is 1.96. The lowest BCUT2D eigenvalue weighted by atomic mass is 10.1. The van der Waals surface area contributed by atoms with Gasteiger partial charge in [-0.3, -0.25) is 14.3 Å². The molecule has 33 heavy (non-hydrogen) atoms. The topological polar surface area (TPSA) is 115 Å². The van der Waals surface area contributed by atoms with Gasteiger partial charge in [-0.1, -0.05) is 0 Å². The Hall–Kier alpha value is -4.09. The highest BCUT2D eigenvalue weighted by Crippen LogP contribution is 2.39.